The first-order chi connectivity index (χ1) is 15.0. The first kappa shape index (κ1) is 19.4. The number of hydrogen-bond donors (Lipinski definition) is 0. The van der Waals surface area contributed by atoms with E-state index in [1.807, 2.05) is 54.0 Å². The van der Waals surface area contributed by atoms with Crippen LogP contribution < -0.4 is 0 Å². The van der Waals surface area contributed by atoms with E-state index in [2.05, 4.69) is 34.8 Å². The van der Waals surface area contributed by atoms with Gasteiger partial charge in [0.25, 0.3) is 0 Å². The second-order valence-corrected chi connectivity index (χ2v) is 8.14. The fourth-order valence-electron chi connectivity index (χ4n) is 4.31. The number of benzene rings is 1. The summed E-state index contributed by atoms with van der Waals surface area (Å²) in [6, 6.07) is 12.3. The summed E-state index contributed by atoms with van der Waals surface area (Å²) in [5, 5.41) is 8.89. The van der Waals surface area contributed by atoms with Crippen molar-refractivity contribution in [2.75, 3.05) is 0 Å². The molecule has 0 fully saturated rings. The molecule has 0 radical (unpaired) electrons. The number of carbonyl (C=O) groups excluding carboxylic acids is 1. The summed E-state index contributed by atoms with van der Waals surface area (Å²) in [6.07, 6.45) is 5.11. The predicted molar refractivity (Wildman–Crippen MR) is 116 cm³/mol. The van der Waals surface area contributed by atoms with E-state index < -0.39 is 0 Å². The van der Waals surface area contributed by atoms with Crippen molar-refractivity contribution in [1.82, 2.24) is 24.4 Å². The molecule has 0 N–H and O–H groups in total. The van der Waals surface area contributed by atoms with Gasteiger partial charge in [0, 0.05) is 29.9 Å². The molecular formula is C24H25N5O2. The van der Waals surface area contributed by atoms with E-state index in [1.54, 1.807) is 0 Å². The number of amides is 1. The Labute approximate surface area is 180 Å². The molecule has 4 aromatic rings. The minimum absolute atomic E-state index is 0.124. The Bertz CT molecular complexity index is 1230. The fraction of sp³-hybridized carbons (Fsp3) is 0.292. The summed E-state index contributed by atoms with van der Waals surface area (Å²) in [5.74, 6) is 1.91. The molecule has 1 aliphatic rings. The van der Waals surface area contributed by atoms with Crippen LogP contribution in [0.2, 0.25) is 0 Å². The van der Waals surface area contributed by atoms with Gasteiger partial charge in [-0.25, -0.2) is 4.68 Å². The average molecular weight is 415 g/mol. The molecular weight excluding hydrogens is 390 g/mol. The average Bonchev–Trinajstić information content (AvgIpc) is 3.51. The molecule has 0 atom stereocenters. The van der Waals surface area contributed by atoms with Gasteiger partial charge in [0.2, 0.25) is 5.91 Å². The molecule has 1 aliphatic heterocycles. The van der Waals surface area contributed by atoms with Gasteiger partial charge in [0.1, 0.15) is 11.6 Å². The summed E-state index contributed by atoms with van der Waals surface area (Å²) in [5.41, 5.74) is 6.15. The van der Waals surface area contributed by atoms with Crippen molar-refractivity contribution in [3.63, 3.8) is 0 Å². The maximum atomic E-state index is 13.0. The Balaban J connectivity index is 1.41. The van der Waals surface area contributed by atoms with Gasteiger partial charge < -0.3 is 14.0 Å². The van der Waals surface area contributed by atoms with E-state index in [9.17, 15) is 4.79 Å². The maximum Gasteiger partial charge on any atom is 0.223 e. The molecule has 3 aromatic heterocycles. The first-order valence-electron chi connectivity index (χ1n) is 10.5. The van der Waals surface area contributed by atoms with Crippen molar-refractivity contribution < 1.29 is 9.32 Å². The molecule has 0 saturated carbocycles. The van der Waals surface area contributed by atoms with Crippen LogP contribution in [0.15, 0.2) is 53.3 Å². The molecule has 1 amide bonds. The van der Waals surface area contributed by atoms with Gasteiger partial charge in [-0.05, 0) is 57.0 Å². The Morgan fingerprint density at radius 3 is 2.61 bits per heavy atom. The van der Waals surface area contributed by atoms with E-state index in [1.165, 1.54) is 5.56 Å². The lowest BCUT2D eigenvalue weighted by molar-refractivity contribution is -0.131. The van der Waals surface area contributed by atoms with Crippen molar-refractivity contribution in [2.45, 2.75) is 46.7 Å². The molecule has 1 aromatic carbocycles. The van der Waals surface area contributed by atoms with Crippen LogP contribution in [0.25, 0.3) is 11.5 Å². The summed E-state index contributed by atoms with van der Waals surface area (Å²) < 4.78 is 9.29. The topological polar surface area (TPSA) is 69.1 Å². The smallest absolute Gasteiger partial charge is 0.223 e. The van der Waals surface area contributed by atoms with Crippen molar-refractivity contribution in [3.05, 3.63) is 82.6 Å². The molecule has 0 aliphatic carbocycles. The van der Waals surface area contributed by atoms with E-state index in [0.717, 1.165) is 39.8 Å². The minimum Gasteiger partial charge on any atom is -0.361 e. The van der Waals surface area contributed by atoms with Crippen LogP contribution in [0.4, 0.5) is 0 Å². The van der Waals surface area contributed by atoms with Crippen molar-refractivity contribution in [2.24, 2.45) is 0 Å². The normalized spacial score (nSPS) is 13.1. The van der Waals surface area contributed by atoms with Crippen molar-refractivity contribution in [3.8, 4) is 11.5 Å². The molecule has 0 saturated heterocycles. The second kappa shape index (κ2) is 7.58. The highest BCUT2D eigenvalue weighted by molar-refractivity contribution is 5.77. The Kier molecular flexibility index (Phi) is 4.73. The molecule has 7 heteroatoms. The predicted octanol–water partition coefficient (Wildman–Crippen LogP) is 4.05. The van der Waals surface area contributed by atoms with Crippen LogP contribution in [0.5, 0.6) is 0 Å². The number of nitrogens with zero attached hydrogens (tertiary/aromatic N) is 5. The molecule has 0 bridgehead atoms. The number of hydrogen-bond acceptors (Lipinski definition) is 4. The standard InChI is InChI=1S/C24H25N5O2/c1-16-7-6-8-19(13-16)29-24(27-11-4-5-12-27)21-14-28(15-22(21)25-29)23(30)10-9-20-17(2)26-31-18(20)3/h4-8,11-13H,9-10,14-15H2,1-3H3. The third-order valence-electron chi connectivity index (χ3n) is 5.95. The highest BCUT2D eigenvalue weighted by Gasteiger charge is 2.31. The largest absolute Gasteiger partial charge is 0.361 e. The van der Waals surface area contributed by atoms with Gasteiger partial charge in [0.15, 0.2) is 0 Å². The third kappa shape index (κ3) is 3.46. The fourth-order valence-corrected chi connectivity index (χ4v) is 4.31. The van der Waals surface area contributed by atoms with Crippen LogP contribution in [-0.4, -0.2) is 30.3 Å². The van der Waals surface area contributed by atoms with Crippen molar-refractivity contribution in [1.29, 1.82) is 0 Å². The lowest BCUT2D eigenvalue weighted by Gasteiger charge is -2.17. The lowest BCUT2D eigenvalue weighted by atomic mass is 10.1. The number of aryl methyl sites for hydroxylation is 3. The molecule has 0 spiro atoms. The number of carbonyl (C=O) groups is 1. The zero-order valence-electron chi connectivity index (χ0n) is 18.0. The zero-order valence-corrected chi connectivity index (χ0v) is 18.0. The molecule has 7 nitrogen and oxygen atoms in total. The molecule has 158 valence electrons. The quantitative estimate of drug-likeness (QED) is 0.493. The summed E-state index contributed by atoms with van der Waals surface area (Å²) in [7, 11) is 0. The summed E-state index contributed by atoms with van der Waals surface area (Å²) >= 11 is 0. The van der Waals surface area contributed by atoms with Gasteiger partial charge in [0.05, 0.1) is 30.2 Å². The molecule has 5 rings (SSSR count). The first-order valence-corrected chi connectivity index (χ1v) is 10.5. The second-order valence-electron chi connectivity index (χ2n) is 8.14. The summed E-state index contributed by atoms with van der Waals surface area (Å²) in [6.45, 7) is 6.98. The van der Waals surface area contributed by atoms with Gasteiger partial charge >= 0.3 is 0 Å². The zero-order chi connectivity index (χ0) is 21.5. The molecule has 4 heterocycles. The van der Waals surface area contributed by atoms with E-state index in [0.29, 0.717) is 25.9 Å². The van der Waals surface area contributed by atoms with Gasteiger partial charge in [-0.1, -0.05) is 17.3 Å². The van der Waals surface area contributed by atoms with Gasteiger partial charge in [-0.3, -0.25) is 4.79 Å². The highest BCUT2D eigenvalue weighted by Crippen LogP contribution is 2.31. The number of fused-ring (bicyclic) bond motifs is 1. The van der Waals surface area contributed by atoms with Crippen LogP contribution >= 0.6 is 0 Å². The van der Waals surface area contributed by atoms with Crippen LogP contribution in [0.3, 0.4) is 0 Å². The third-order valence-corrected chi connectivity index (χ3v) is 5.95. The number of aromatic nitrogens is 4. The van der Waals surface area contributed by atoms with Crippen molar-refractivity contribution >= 4 is 5.91 Å². The van der Waals surface area contributed by atoms with Crippen LogP contribution in [0.1, 0.15) is 40.3 Å². The van der Waals surface area contributed by atoms with Crippen LogP contribution in [0, 0.1) is 20.8 Å². The Hall–Kier alpha value is -3.61. The van der Waals surface area contributed by atoms with Gasteiger partial charge in [-0.2, -0.15) is 5.10 Å². The Morgan fingerprint density at radius 2 is 1.90 bits per heavy atom. The summed E-state index contributed by atoms with van der Waals surface area (Å²) in [4.78, 5) is 14.9. The Morgan fingerprint density at radius 1 is 1.10 bits per heavy atom. The van der Waals surface area contributed by atoms with E-state index >= 15 is 0 Å². The minimum atomic E-state index is 0.124. The van der Waals surface area contributed by atoms with Crippen LogP contribution in [-0.2, 0) is 24.3 Å². The molecule has 0 unspecified atom stereocenters. The highest BCUT2D eigenvalue weighted by atomic mass is 16.5. The monoisotopic (exact) mass is 415 g/mol. The van der Waals surface area contributed by atoms with Gasteiger partial charge in [-0.15, -0.1) is 0 Å². The number of rotatable bonds is 5. The van der Waals surface area contributed by atoms with E-state index in [-0.39, 0.29) is 5.91 Å². The molecule has 31 heavy (non-hydrogen) atoms. The van der Waals surface area contributed by atoms with E-state index in [4.69, 9.17) is 9.62 Å². The SMILES string of the molecule is Cc1cccc(-n2nc3c(c2-n2cccc2)CN(C(=O)CCc2c(C)noc2C)C3)c1. The maximum absolute atomic E-state index is 13.0. The lowest BCUT2D eigenvalue weighted by Crippen LogP contribution is -2.26.